The van der Waals surface area contributed by atoms with E-state index in [1.165, 1.54) is 11.0 Å². The maximum Gasteiger partial charge on any atom is 0.355 e. The number of anilines is 1. The third-order valence-electron chi connectivity index (χ3n) is 2.60. The Balaban J connectivity index is 2.58. The SMILES string of the molecule is CCCNc1ncnc(-n2nc(C)nc2C)c1[N+](=O)[O-]. The fourth-order valence-corrected chi connectivity index (χ4v) is 1.79. The molecule has 106 valence electrons. The molecule has 9 heteroatoms. The lowest BCUT2D eigenvalue weighted by molar-refractivity contribution is -0.384. The van der Waals surface area contributed by atoms with Gasteiger partial charge in [0, 0.05) is 6.54 Å². The standard InChI is InChI=1S/C11H15N7O2/c1-4-5-12-10-9(18(19)20)11(14-6-13-10)17-8(3)15-7(2)16-17/h6H,4-5H2,1-3H3,(H,12,13,14). The third kappa shape index (κ3) is 2.56. The molecule has 1 N–H and O–H groups in total. The molecule has 0 bridgehead atoms. The van der Waals surface area contributed by atoms with Gasteiger partial charge >= 0.3 is 5.69 Å². The van der Waals surface area contributed by atoms with E-state index >= 15 is 0 Å². The Morgan fingerprint density at radius 3 is 2.70 bits per heavy atom. The van der Waals surface area contributed by atoms with E-state index in [2.05, 4.69) is 25.4 Å². The van der Waals surface area contributed by atoms with Crippen LogP contribution in [0.1, 0.15) is 25.0 Å². The Hall–Kier alpha value is -2.58. The molecule has 0 amide bonds. The summed E-state index contributed by atoms with van der Waals surface area (Å²) in [7, 11) is 0. The molecule has 0 radical (unpaired) electrons. The van der Waals surface area contributed by atoms with Gasteiger partial charge in [-0.1, -0.05) is 6.92 Å². The van der Waals surface area contributed by atoms with Gasteiger partial charge in [0.15, 0.2) is 0 Å². The fourth-order valence-electron chi connectivity index (χ4n) is 1.79. The van der Waals surface area contributed by atoms with Gasteiger partial charge < -0.3 is 5.32 Å². The van der Waals surface area contributed by atoms with E-state index in [4.69, 9.17) is 0 Å². The smallest absolute Gasteiger partial charge is 0.355 e. The van der Waals surface area contributed by atoms with E-state index < -0.39 is 4.92 Å². The molecule has 0 unspecified atom stereocenters. The highest BCUT2D eigenvalue weighted by Crippen LogP contribution is 2.27. The average molecular weight is 277 g/mol. The molecule has 2 heterocycles. The first kappa shape index (κ1) is 13.8. The van der Waals surface area contributed by atoms with Crippen LogP contribution in [0.5, 0.6) is 0 Å². The first-order valence-electron chi connectivity index (χ1n) is 6.18. The molecule has 2 aromatic heterocycles. The van der Waals surface area contributed by atoms with Gasteiger partial charge in [-0.25, -0.2) is 15.0 Å². The van der Waals surface area contributed by atoms with Gasteiger partial charge in [-0.2, -0.15) is 4.68 Å². The highest BCUT2D eigenvalue weighted by molar-refractivity contribution is 5.63. The summed E-state index contributed by atoms with van der Waals surface area (Å²) in [4.78, 5) is 22.9. The number of hydrogen-bond donors (Lipinski definition) is 1. The monoisotopic (exact) mass is 277 g/mol. The van der Waals surface area contributed by atoms with Crippen LogP contribution in [0.3, 0.4) is 0 Å². The van der Waals surface area contributed by atoms with E-state index in [0.717, 1.165) is 6.42 Å². The summed E-state index contributed by atoms with van der Waals surface area (Å²) in [6, 6.07) is 0. The summed E-state index contributed by atoms with van der Waals surface area (Å²) in [6.07, 6.45) is 2.11. The minimum Gasteiger partial charge on any atom is -0.364 e. The van der Waals surface area contributed by atoms with Crippen LogP contribution in [-0.4, -0.2) is 36.2 Å². The maximum absolute atomic E-state index is 11.3. The molecule has 0 spiro atoms. The number of aromatic nitrogens is 5. The summed E-state index contributed by atoms with van der Waals surface area (Å²) in [5, 5.41) is 18.4. The summed E-state index contributed by atoms with van der Waals surface area (Å²) < 4.78 is 1.35. The molecule has 0 saturated heterocycles. The molecule has 0 aliphatic rings. The van der Waals surface area contributed by atoms with Gasteiger partial charge in [0.05, 0.1) is 4.92 Å². The van der Waals surface area contributed by atoms with Crippen LogP contribution in [0.2, 0.25) is 0 Å². The second-order valence-electron chi connectivity index (χ2n) is 4.20. The molecule has 9 nitrogen and oxygen atoms in total. The van der Waals surface area contributed by atoms with Crippen LogP contribution in [0.25, 0.3) is 5.82 Å². The van der Waals surface area contributed by atoms with Gasteiger partial charge in [0.25, 0.3) is 0 Å². The fraction of sp³-hybridized carbons (Fsp3) is 0.455. The topological polar surface area (TPSA) is 112 Å². The van der Waals surface area contributed by atoms with Crippen molar-refractivity contribution < 1.29 is 4.92 Å². The average Bonchev–Trinajstić information content (AvgIpc) is 2.74. The Morgan fingerprint density at radius 2 is 2.15 bits per heavy atom. The molecule has 0 saturated carbocycles. The molecule has 0 atom stereocenters. The zero-order valence-corrected chi connectivity index (χ0v) is 11.5. The second kappa shape index (κ2) is 5.59. The van der Waals surface area contributed by atoms with Crippen LogP contribution in [0, 0.1) is 24.0 Å². The van der Waals surface area contributed by atoms with Crippen LogP contribution in [0.15, 0.2) is 6.33 Å². The van der Waals surface area contributed by atoms with E-state index in [1.54, 1.807) is 13.8 Å². The van der Waals surface area contributed by atoms with Crippen molar-refractivity contribution in [3.05, 3.63) is 28.1 Å². The molecule has 2 aromatic rings. The van der Waals surface area contributed by atoms with Crippen LogP contribution in [-0.2, 0) is 0 Å². The van der Waals surface area contributed by atoms with Crippen molar-refractivity contribution in [1.29, 1.82) is 0 Å². The van der Waals surface area contributed by atoms with Crippen LogP contribution in [0.4, 0.5) is 11.5 Å². The maximum atomic E-state index is 11.3. The number of hydrogen-bond acceptors (Lipinski definition) is 7. The Bertz CT molecular complexity index is 638. The molecular weight excluding hydrogens is 262 g/mol. The highest BCUT2D eigenvalue weighted by atomic mass is 16.6. The number of rotatable bonds is 5. The molecule has 0 aromatic carbocycles. The van der Waals surface area contributed by atoms with Gasteiger partial charge in [-0.3, -0.25) is 10.1 Å². The van der Waals surface area contributed by atoms with E-state index in [0.29, 0.717) is 18.2 Å². The van der Waals surface area contributed by atoms with Crippen molar-refractivity contribution >= 4 is 11.5 Å². The zero-order chi connectivity index (χ0) is 14.7. The molecule has 0 fully saturated rings. The third-order valence-corrected chi connectivity index (χ3v) is 2.60. The van der Waals surface area contributed by atoms with Crippen LogP contribution < -0.4 is 5.32 Å². The minimum atomic E-state index is -0.510. The van der Waals surface area contributed by atoms with Gasteiger partial charge in [0.1, 0.15) is 18.0 Å². The van der Waals surface area contributed by atoms with Gasteiger partial charge in [-0.15, -0.1) is 5.10 Å². The zero-order valence-electron chi connectivity index (χ0n) is 11.5. The van der Waals surface area contributed by atoms with E-state index in [1.807, 2.05) is 6.92 Å². The van der Waals surface area contributed by atoms with Crippen molar-refractivity contribution in [2.45, 2.75) is 27.2 Å². The van der Waals surface area contributed by atoms with Crippen molar-refractivity contribution in [3.8, 4) is 5.82 Å². The first-order chi connectivity index (χ1) is 9.54. The minimum absolute atomic E-state index is 0.113. The van der Waals surface area contributed by atoms with E-state index in [9.17, 15) is 10.1 Å². The molecule has 2 rings (SSSR count). The van der Waals surface area contributed by atoms with Gasteiger partial charge in [0.2, 0.25) is 11.6 Å². The second-order valence-corrected chi connectivity index (χ2v) is 4.20. The van der Waals surface area contributed by atoms with Crippen molar-refractivity contribution in [1.82, 2.24) is 24.7 Å². The Labute approximate surface area is 115 Å². The van der Waals surface area contributed by atoms with Crippen molar-refractivity contribution in [2.24, 2.45) is 0 Å². The summed E-state index contributed by atoms with van der Waals surface area (Å²) in [5.41, 5.74) is -0.200. The first-order valence-corrected chi connectivity index (χ1v) is 6.18. The number of nitro groups is 1. The number of aryl methyl sites for hydroxylation is 2. The molecule has 20 heavy (non-hydrogen) atoms. The lowest BCUT2D eigenvalue weighted by atomic mass is 10.4. The Kier molecular flexibility index (Phi) is 3.87. The quantitative estimate of drug-likeness (QED) is 0.649. The van der Waals surface area contributed by atoms with Crippen molar-refractivity contribution in [3.63, 3.8) is 0 Å². The highest BCUT2D eigenvalue weighted by Gasteiger charge is 2.25. The normalized spacial score (nSPS) is 10.6. The predicted octanol–water partition coefficient (Wildman–Crippen LogP) is 1.40. The summed E-state index contributed by atoms with van der Waals surface area (Å²) in [5.74, 6) is 1.36. The molecular formula is C11H15N7O2. The Morgan fingerprint density at radius 1 is 1.40 bits per heavy atom. The summed E-state index contributed by atoms with van der Waals surface area (Å²) >= 11 is 0. The van der Waals surface area contributed by atoms with Crippen LogP contribution >= 0.6 is 0 Å². The largest absolute Gasteiger partial charge is 0.364 e. The lowest BCUT2D eigenvalue weighted by Gasteiger charge is -2.08. The number of nitrogens with zero attached hydrogens (tertiary/aromatic N) is 6. The van der Waals surface area contributed by atoms with Gasteiger partial charge in [-0.05, 0) is 20.3 Å². The molecule has 0 aliphatic heterocycles. The summed E-state index contributed by atoms with van der Waals surface area (Å²) in [6.45, 7) is 5.98. The van der Waals surface area contributed by atoms with Crippen molar-refractivity contribution in [2.75, 3.05) is 11.9 Å². The predicted molar refractivity (Wildman–Crippen MR) is 71.9 cm³/mol. The number of nitrogens with one attached hydrogen (secondary N) is 1. The van der Waals surface area contributed by atoms with E-state index in [-0.39, 0.29) is 17.3 Å². The lowest BCUT2D eigenvalue weighted by Crippen LogP contribution is -2.11. The molecule has 0 aliphatic carbocycles.